The van der Waals surface area contributed by atoms with Crippen LogP contribution >= 0.6 is 11.6 Å². The standard InChI is InChI=1S/C27H19ClN2O3/c28-18-10-7-13-20(16-18)29-26(31)23-24(22-15-6-9-17-8-4-5-14-21(17)22)30(33-25(23)27(29)32)19-11-2-1-3-12-19/h1-16,23-25H/t23-,24+,25+/m1/s1. The number of benzene rings is 4. The zero-order valence-electron chi connectivity index (χ0n) is 17.5. The molecule has 0 aromatic heterocycles. The highest BCUT2D eigenvalue weighted by atomic mass is 35.5. The van der Waals surface area contributed by atoms with Crippen LogP contribution < -0.4 is 9.96 Å². The van der Waals surface area contributed by atoms with Gasteiger partial charge in [-0.2, -0.15) is 0 Å². The first kappa shape index (κ1) is 20.0. The predicted molar refractivity (Wildman–Crippen MR) is 128 cm³/mol. The number of nitrogens with zero attached hydrogens (tertiary/aromatic N) is 2. The van der Waals surface area contributed by atoms with Crippen LogP contribution in [0, 0.1) is 5.92 Å². The Morgan fingerprint density at radius 2 is 1.42 bits per heavy atom. The van der Waals surface area contributed by atoms with Crippen LogP contribution in [0.15, 0.2) is 97.1 Å². The molecular weight excluding hydrogens is 436 g/mol. The van der Waals surface area contributed by atoms with Crippen LogP contribution in [0.2, 0.25) is 5.02 Å². The Balaban J connectivity index is 1.51. The van der Waals surface area contributed by atoms with E-state index in [4.69, 9.17) is 16.4 Å². The maximum Gasteiger partial charge on any atom is 0.266 e. The minimum absolute atomic E-state index is 0.288. The second-order valence-electron chi connectivity index (χ2n) is 8.22. The average Bonchev–Trinajstić information content (AvgIpc) is 3.35. The number of rotatable bonds is 3. The minimum atomic E-state index is -0.916. The van der Waals surface area contributed by atoms with E-state index in [0.29, 0.717) is 10.7 Å². The minimum Gasteiger partial charge on any atom is -0.273 e. The van der Waals surface area contributed by atoms with E-state index in [1.807, 2.05) is 72.8 Å². The molecule has 4 aromatic carbocycles. The van der Waals surface area contributed by atoms with E-state index >= 15 is 0 Å². The Hall–Kier alpha value is -3.67. The van der Waals surface area contributed by atoms with Crippen LogP contribution in [-0.2, 0) is 14.4 Å². The van der Waals surface area contributed by atoms with Crippen LogP contribution in [0.25, 0.3) is 10.8 Å². The summed E-state index contributed by atoms with van der Waals surface area (Å²) >= 11 is 6.14. The molecule has 0 saturated carbocycles. The van der Waals surface area contributed by atoms with Crippen LogP contribution in [0.3, 0.4) is 0 Å². The van der Waals surface area contributed by atoms with Crippen molar-refractivity contribution in [1.82, 2.24) is 0 Å². The largest absolute Gasteiger partial charge is 0.273 e. The third-order valence-corrected chi connectivity index (χ3v) is 6.57. The third-order valence-electron chi connectivity index (χ3n) is 6.33. The second-order valence-corrected chi connectivity index (χ2v) is 8.65. The van der Waals surface area contributed by atoms with Crippen molar-refractivity contribution in [1.29, 1.82) is 0 Å². The Morgan fingerprint density at radius 3 is 2.24 bits per heavy atom. The van der Waals surface area contributed by atoms with Gasteiger partial charge in [-0.1, -0.05) is 78.3 Å². The van der Waals surface area contributed by atoms with Gasteiger partial charge in [0.15, 0.2) is 6.10 Å². The van der Waals surface area contributed by atoms with Gasteiger partial charge in [-0.25, -0.2) is 9.96 Å². The molecule has 6 rings (SSSR count). The van der Waals surface area contributed by atoms with Crippen molar-refractivity contribution >= 4 is 45.6 Å². The van der Waals surface area contributed by atoms with E-state index in [-0.39, 0.29) is 11.8 Å². The van der Waals surface area contributed by atoms with Gasteiger partial charge in [0.1, 0.15) is 5.92 Å². The first-order valence-electron chi connectivity index (χ1n) is 10.8. The summed E-state index contributed by atoms with van der Waals surface area (Å²) in [5.41, 5.74) is 2.19. The Kier molecular flexibility index (Phi) is 4.68. The van der Waals surface area contributed by atoms with E-state index < -0.39 is 18.1 Å². The highest BCUT2D eigenvalue weighted by Gasteiger charge is 2.60. The van der Waals surface area contributed by atoms with Crippen molar-refractivity contribution in [3.05, 3.63) is 108 Å². The summed E-state index contributed by atoms with van der Waals surface area (Å²) in [7, 11) is 0. The molecule has 0 spiro atoms. The van der Waals surface area contributed by atoms with Crippen LogP contribution in [0.4, 0.5) is 11.4 Å². The molecule has 0 radical (unpaired) electrons. The number of anilines is 2. The highest BCUT2D eigenvalue weighted by molar-refractivity contribution is 6.31. The van der Waals surface area contributed by atoms with Gasteiger partial charge in [0.25, 0.3) is 5.91 Å². The lowest BCUT2D eigenvalue weighted by Gasteiger charge is -2.29. The number of hydrogen-bond donors (Lipinski definition) is 0. The first-order chi connectivity index (χ1) is 16.1. The monoisotopic (exact) mass is 454 g/mol. The van der Waals surface area contributed by atoms with Crippen molar-refractivity contribution in [2.45, 2.75) is 12.1 Å². The molecule has 162 valence electrons. The number of hydrogen-bond acceptors (Lipinski definition) is 4. The third kappa shape index (κ3) is 3.12. The summed E-state index contributed by atoms with van der Waals surface area (Å²) in [4.78, 5) is 34.6. The molecule has 0 bridgehead atoms. The number of amides is 2. The number of carbonyl (C=O) groups is 2. The van der Waals surface area contributed by atoms with Gasteiger partial charge in [0, 0.05) is 5.02 Å². The quantitative estimate of drug-likeness (QED) is 0.381. The van der Waals surface area contributed by atoms with Crippen LogP contribution in [-0.4, -0.2) is 17.9 Å². The Bertz CT molecular complexity index is 1390. The maximum absolute atomic E-state index is 13.8. The number of carbonyl (C=O) groups excluding carboxylic acids is 2. The summed E-state index contributed by atoms with van der Waals surface area (Å²) < 4.78 is 0. The van der Waals surface area contributed by atoms with E-state index in [0.717, 1.165) is 22.0 Å². The number of fused-ring (bicyclic) bond motifs is 2. The normalized spacial score (nSPS) is 22.3. The predicted octanol–water partition coefficient (Wildman–Crippen LogP) is 5.54. The smallest absolute Gasteiger partial charge is 0.266 e. The van der Waals surface area contributed by atoms with Crippen molar-refractivity contribution in [3.8, 4) is 0 Å². The lowest BCUT2D eigenvalue weighted by molar-refractivity contribution is -0.126. The van der Waals surface area contributed by atoms with Gasteiger partial charge in [-0.3, -0.25) is 14.4 Å². The fourth-order valence-corrected chi connectivity index (χ4v) is 5.09. The molecule has 0 N–H and O–H groups in total. The molecule has 2 heterocycles. The van der Waals surface area contributed by atoms with Gasteiger partial charge in [-0.05, 0) is 46.7 Å². The summed E-state index contributed by atoms with van der Waals surface area (Å²) in [5, 5.41) is 4.27. The lowest BCUT2D eigenvalue weighted by Crippen LogP contribution is -2.37. The van der Waals surface area contributed by atoms with Crippen molar-refractivity contribution in [2.75, 3.05) is 9.96 Å². The highest BCUT2D eigenvalue weighted by Crippen LogP contribution is 2.49. The molecular formula is C27H19ClN2O3. The fraction of sp³-hybridized carbons (Fsp3) is 0.111. The van der Waals surface area contributed by atoms with E-state index in [9.17, 15) is 9.59 Å². The first-order valence-corrected chi connectivity index (χ1v) is 11.1. The topological polar surface area (TPSA) is 49.9 Å². The van der Waals surface area contributed by atoms with Crippen LogP contribution in [0.5, 0.6) is 0 Å². The van der Waals surface area contributed by atoms with Crippen molar-refractivity contribution in [2.24, 2.45) is 5.92 Å². The van der Waals surface area contributed by atoms with Gasteiger partial charge in [0.2, 0.25) is 5.91 Å². The molecule has 0 aliphatic carbocycles. The summed E-state index contributed by atoms with van der Waals surface area (Å²) in [5.74, 6) is -1.36. The molecule has 0 unspecified atom stereocenters. The van der Waals surface area contributed by atoms with Gasteiger partial charge in [-0.15, -0.1) is 0 Å². The Labute approximate surface area is 195 Å². The Morgan fingerprint density at radius 1 is 0.727 bits per heavy atom. The average molecular weight is 455 g/mol. The zero-order valence-corrected chi connectivity index (χ0v) is 18.2. The molecule has 2 amide bonds. The van der Waals surface area contributed by atoms with Crippen molar-refractivity contribution in [3.63, 3.8) is 0 Å². The molecule has 2 saturated heterocycles. The van der Waals surface area contributed by atoms with E-state index in [2.05, 4.69) is 0 Å². The SMILES string of the molecule is O=C1[C@H]2[C@H](ON(c3ccccc3)[C@H]2c2cccc3ccccc23)C(=O)N1c1cccc(Cl)c1. The summed E-state index contributed by atoms with van der Waals surface area (Å²) in [6.45, 7) is 0. The zero-order chi connectivity index (χ0) is 22.5. The maximum atomic E-state index is 13.8. The molecule has 6 heteroatoms. The molecule has 4 aromatic rings. The molecule has 33 heavy (non-hydrogen) atoms. The molecule has 2 aliphatic rings. The summed E-state index contributed by atoms with van der Waals surface area (Å²) in [6, 6.07) is 30.0. The van der Waals surface area contributed by atoms with Crippen LogP contribution in [0.1, 0.15) is 11.6 Å². The molecule has 2 aliphatic heterocycles. The number of para-hydroxylation sites is 1. The van der Waals surface area contributed by atoms with E-state index in [1.165, 1.54) is 4.90 Å². The molecule has 5 nitrogen and oxygen atoms in total. The van der Waals surface area contributed by atoms with Crippen molar-refractivity contribution < 1.29 is 14.4 Å². The van der Waals surface area contributed by atoms with Gasteiger partial charge in [0.05, 0.1) is 17.4 Å². The molecule has 2 fully saturated rings. The number of imide groups is 1. The van der Waals surface area contributed by atoms with Gasteiger partial charge >= 0.3 is 0 Å². The number of halogens is 1. The molecule has 3 atom stereocenters. The number of hydroxylamine groups is 1. The van der Waals surface area contributed by atoms with E-state index in [1.54, 1.807) is 29.3 Å². The lowest BCUT2D eigenvalue weighted by atomic mass is 9.87. The summed E-state index contributed by atoms with van der Waals surface area (Å²) in [6.07, 6.45) is -0.916. The fourth-order valence-electron chi connectivity index (χ4n) is 4.91. The second kappa shape index (κ2) is 7.73. The van der Waals surface area contributed by atoms with Gasteiger partial charge < -0.3 is 0 Å².